The van der Waals surface area contributed by atoms with Gasteiger partial charge in [-0.2, -0.15) is 5.10 Å². The number of urea groups is 1. The van der Waals surface area contributed by atoms with E-state index < -0.39 is 21.5 Å². The Morgan fingerprint density at radius 3 is 2.22 bits per heavy atom. The van der Waals surface area contributed by atoms with Crippen molar-refractivity contribution in [2.75, 3.05) is 19.0 Å². The number of aryl methyl sites for hydroxylation is 2. The van der Waals surface area contributed by atoms with Gasteiger partial charge in [-0.25, -0.2) is 18.4 Å². The maximum absolute atomic E-state index is 16.0. The Labute approximate surface area is 293 Å². The van der Waals surface area contributed by atoms with Crippen LogP contribution in [0.1, 0.15) is 64.6 Å². The van der Waals surface area contributed by atoms with Crippen LogP contribution in [0.4, 0.5) is 10.5 Å². The van der Waals surface area contributed by atoms with Crippen LogP contribution in [0.5, 0.6) is 5.88 Å². The van der Waals surface area contributed by atoms with Crippen molar-refractivity contribution in [1.82, 2.24) is 14.5 Å². The highest BCUT2D eigenvalue weighted by Gasteiger charge is 2.42. The number of carbonyl (C=O) groups excluding carboxylic acids is 1. The van der Waals surface area contributed by atoms with Crippen LogP contribution >= 0.6 is 0 Å². The summed E-state index contributed by atoms with van der Waals surface area (Å²) in [4.78, 5) is 14.7. The third-order valence-corrected chi connectivity index (χ3v) is 12.1. The minimum absolute atomic E-state index is 0.161. The van der Waals surface area contributed by atoms with Crippen molar-refractivity contribution in [3.63, 3.8) is 0 Å². The number of hydrogen-bond acceptors (Lipinski definition) is 5. The zero-order valence-corrected chi connectivity index (χ0v) is 29.1. The normalized spacial score (nSPS) is 18.8. The predicted octanol–water partition coefficient (Wildman–Crippen LogP) is 7.38. The summed E-state index contributed by atoms with van der Waals surface area (Å²) < 4.78 is 37.7. The Morgan fingerprint density at radius 1 is 0.960 bits per heavy atom. The highest BCUT2D eigenvalue weighted by Crippen LogP contribution is 2.45. The number of hydrogen-bond donors (Lipinski definition) is 2. The van der Waals surface area contributed by atoms with Crippen LogP contribution in [-0.2, 0) is 46.0 Å². The Kier molecular flexibility index (Phi) is 8.54. The lowest BCUT2D eigenvalue weighted by Gasteiger charge is -2.37. The van der Waals surface area contributed by atoms with E-state index in [0.29, 0.717) is 19.0 Å². The predicted molar refractivity (Wildman–Crippen MR) is 194 cm³/mol. The summed E-state index contributed by atoms with van der Waals surface area (Å²) in [5.74, 6) is 0.505. The van der Waals surface area contributed by atoms with Gasteiger partial charge in [-0.3, -0.25) is 0 Å². The lowest BCUT2D eigenvalue weighted by molar-refractivity contribution is 0.179. The fourth-order valence-electron chi connectivity index (χ4n) is 8.07. The van der Waals surface area contributed by atoms with Crippen molar-refractivity contribution in [2.24, 2.45) is 4.36 Å². The van der Waals surface area contributed by atoms with Crippen LogP contribution in [0.15, 0.2) is 113 Å². The minimum Gasteiger partial charge on any atom is -0.472 e. The molecule has 0 bridgehead atoms. The van der Waals surface area contributed by atoms with Crippen LogP contribution in [0.25, 0.3) is 0 Å². The number of carbonyl (C=O) groups is 1. The number of methoxy groups -OCH3 is 1. The fourth-order valence-corrected chi connectivity index (χ4v) is 9.95. The number of nitrogens with one attached hydrogen (secondary N) is 2. The number of ether oxygens (including phenoxy) is 2. The van der Waals surface area contributed by atoms with Gasteiger partial charge in [0, 0.05) is 18.7 Å². The summed E-state index contributed by atoms with van der Waals surface area (Å²) in [6, 6.07) is 31.2. The molecule has 1 aromatic heterocycles. The second kappa shape index (κ2) is 13.2. The van der Waals surface area contributed by atoms with Crippen LogP contribution in [0, 0.1) is 0 Å². The molecule has 0 saturated carbocycles. The molecule has 8 rings (SSSR count). The number of nitrogens with zero attached hydrogens (tertiary/aromatic N) is 3. The highest BCUT2D eigenvalue weighted by atomic mass is 32.2. The molecule has 3 aliphatic rings. The average Bonchev–Trinajstić information content (AvgIpc) is 3.93. The maximum Gasteiger partial charge on any atom is 0.354 e. The van der Waals surface area contributed by atoms with Gasteiger partial charge in [-0.15, -0.1) is 4.36 Å². The Hall–Kier alpha value is -4.77. The van der Waals surface area contributed by atoms with Crippen molar-refractivity contribution in [3.05, 3.63) is 142 Å². The molecular formula is C40H41N5O4S. The molecule has 0 fully saturated rings. The quantitative estimate of drug-likeness (QED) is 0.157. The first kappa shape index (κ1) is 32.4. The molecule has 256 valence electrons. The Bertz CT molecular complexity index is 2060. The SMILES string of the molecule is COC[C@@H]1CCc2cc3c(c(NC(=O)N=[S@](=O)(NC(c4ccccc4)(c4ccccc4)c4ccccc4)c4cnn5c4O[C@H](C)C5)c21)CCC3. The van der Waals surface area contributed by atoms with Crippen LogP contribution in [0.2, 0.25) is 0 Å². The number of amides is 2. The zero-order chi connectivity index (χ0) is 34.3. The molecule has 1 aliphatic heterocycles. The molecule has 50 heavy (non-hydrogen) atoms. The first-order valence-corrected chi connectivity index (χ1v) is 18.8. The lowest BCUT2D eigenvalue weighted by atomic mass is 9.78. The van der Waals surface area contributed by atoms with Gasteiger partial charge < -0.3 is 14.8 Å². The molecule has 0 radical (unpaired) electrons. The van der Waals surface area contributed by atoms with E-state index in [-0.39, 0.29) is 16.9 Å². The van der Waals surface area contributed by atoms with Crippen molar-refractivity contribution in [3.8, 4) is 5.88 Å². The van der Waals surface area contributed by atoms with Gasteiger partial charge >= 0.3 is 6.03 Å². The third-order valence-electron chi connectivity index (χ3n) is 10.2. The number of benzene rings is 4. The standard InChI is InChI=1S/C40H41N5O4S/c1-27-25-45-38(49-27)35(24-41-45)50(47,43-39(46)42-37-34-20-12-13-28(34)23-29-21-22-30(26-48-2)36(29)37)44-40(31-14-6-3-7-15-31,32-16-8-4-9-17-32)33-18-10-5-11-19-33/h3-11,14-19,23-24,27,30H,12-13,20-22,25-26H2,1-2H3,(H2,42,43,44,46,47)/t27-,30+,50+/m1/s1. The molecule has 3 atom stereocenters. The van der Waals surface area contributed by atoms with Gasteiger partial charge in [0.05, 0.1) is 19.3 Å². The first-order valence-electron chi connectivity index (χ1n) is 17.3. The van der Waals surface area contributed by atoms with Crippen molar-refractivity contribution >= 4 is 21.6 Å². The summed E-state index contributed by atoms with van der Waals surface area (Å²) in [7, 11) is -2.10. The van der Waals surface area contributed by atoms with Gasteiger partial charge in [0.15, 0.2) is 9.92 Å². The maximum atomic E-state index is 16.0. The molecular weight excluding hydrogens is 647 g/mol. The number of rotatable bonds is 9. The molecule has 10 heteroatoms. The molecule has 9 nitrogen and oxygen atoms in total. The van der Waals surface area contributed by atoms with Gasteiger partial charge in [-0.1, -0.05) is 97.1 Å². The topological polar surface area (TPSA) is 107 Å². The average molecular weight is 688 g/mol. The lowest BCUT2D eigenvalue weighted by Crippen LogP contribution is -2.48. The zero-order valence-electron chi connectivity index (χ0n) is 28.3. The molecule has 0 spiro atoms. The number of anilines is 1. The van der Waals surface area contributed by atoms with Crippen LogP contribution in [0.3, 0.4) is 0 Å². The third kappa shape index (κ3) is 5.61. The van der Waals surface area contributed by atoms with E-state index in [2.05, 4.69) is 25.6 Å². The van der Waals surface area contributed by atoms with Gasteiger partial charge in [0.2, 0.25) is 5.88 Å². The summed E-state index contributed by atoms with van der Waals surface area (Å²) >= 11 is 0. The van der Waals surface area contributed by atoms with Crippen LogP contribution in [-0.4, -0.2) is 39.8 Å². The molecule has 2 amide bonds. The van der Waals surface area contributed by atoms with E-state index in [1.165, 1.54) is 17.3 Å². The molecule has 0 saturated heterocycles. The van der Waals surface area contributed by atoms with Gasteiger partial charge in [0.25, 0.3) is 0 Å². The number of aromatic nitrogens is 2. The van der Waals surface area contributed by atoms with E-state index in [9.17, 15) is 4.79 Å². The van der Waals surface area contributed by atoms with E-state index in [1.807, 2.05) is 97.9 Å². The summed E-state index contributed by atoms with van der Waals surface area (Å²) in [6.45, 7) is 3.00. The van der Waals surface area contributed by atoms with Gasteiger partial charge in [-0.05, 0) is 78.0 Å². The summed E-state index contributed by atoms with van der Waals surface area (Å²) in [6.07, 6.45) is 6.10. The molecule has 4 aromatic carbocycles. The van der Waals surface area contributed by atoms with Crippen molar-refractivity contribution in [2.45, 2.75) is 68.0 Å². The Balaban J connectivity index is 1.33. The largest absolute Gasteiger partial charge is 0.472 e. The molecule has 2 aliphatic carbocycles. The molecule has 0 unspecified atom stereocenters. The minimum atomic E-state index is -3.82. The van der Waals surface area contributed by atoms with E-state index >= 15 is 4.21 Å². The summed E-state index contributed by atoms with van der Waals surface area (Å²) in [5.41, 5.74) is 6.88. The van der Waals surface area contributed by atoms with Crippen molar-refractivity contribution < 1.29 is 18.5 Å². The molecule has 5 aromatic rings. The first-order chi connectivity index (χ1) is 24.4. The second-order valence-corrected chi connectivity index (χ2v) is 15.3. The van der Waals surface area contributed by atoms with E-state index in [1.54, 1.807) is 11.8 Å². The second-order valence-electron chi connectivity index (χ2n) is 13.4. The molecule has 2 heterocycles. The summed E-state index contributed by atoms with van der Waals surface area (Å²) in [5, 5.41) is 7.73. The molecule has 2 N–H and O–H groups in total. The monoisotopic (exact) mass is 687 g/mol. The van der Waals surface area contributed by atoms with Gasteiger partial charge in [0.1, 0.15) is 16.5 Å². The van der Waals surface area contributed by atoms with E-state index in [4.69, 9.17) is 9.47 Å². The number of fused-ring (bicyclic) bond motifs is 3. The highest BCUT2D eigenvalue weighted by molar-refractivity contribution is 7.92. The van der Waals surface area contributed by atoms with Crippen LogP contribution < -0.4 is 14.8 Å². The van der Waals surface area contributed by atoms with E-state index in [0.717, 1.165) is 65.6 Å². The van der Waals surface area contributed by atoms with Crippen molar-refractivity contribution in [1.29, 1.82) is 0 Å². The Morgan fingerprint density at radius 2 is 1.60 bits per heavy atom. The smallest absolute Gasteiger partial charge is 0.354 e. The fraction of sp³-hybridized carbons (Fsp3) is 0.300.